The first-order valence-electron chi connectivity index (χ1n) is 8.88. The van der Waals surface area contributed by atoms with E-state index in [9.17, 15) is 19.7 Å². The fourth-order valence-electron chi connectivity index (χ4n) is 3.69. The lowest BCUT2D eigenvalue weighted by Crippen LogP contribution is -2.52. The quantitative estimate of drug-likeness (QED) is 0.618. The van der Waals surface area contributed by atoms with Crippen LogP contribution in [0.2, 0.25) is 0 Å². The van der Waals surface area contributed by atoms with Gasteiger partial charge in [-0.05, 0) is 37.7 Å². The summed E-state index contributed by atoms with van der Waals surface area (Å²) >= 11 is 0. The van der Waals surface area contributed by atoms with Crippen LogP contribution in [0.1, 0.15) is 37.7 Å². The van der Waals surface area contributed by atoms with Crippen LogP contribution in [0.25, 0.3) is 0 Å². The highest BCUT2D eigenvalue weighted by atomic mass is 16.6. The van der Waals surface area contributed by atoms with Crippen molar-refractivity contribution < 1.29 is 14.5 Å². The molecule has 25 heavy (non-hydrogen) atoms. The number of hydrogen-bond acceptors (Lipinski definition) is 4. The van der Waals surface area contributed by atoms with Crippen LogP contribution < -0.4 is 0 Å². The number of hydrogen-bond donors (Lipinski definition) is 0. The van der Waals surface area contributed by atoms with Crippen LogP contribution in [0.4, 0.5) is 5.69 Å². The van der Waals surface area contributed by atoms with E-state index in [4.69, 9.17) is 0 Å². The summed E-state index contributed by atoms with van der Waals surface area (Å²) in [4.78, 5) is 39.5. The number of nitro benzene ring substituents is 1. The Kier molecular flexibility index (Phi) is 5.31. The largest absolute Gasteiger partial charge is 0.341 e. The lowest BCUT2D eigenvalue weighted by Gasteiger charge is -2.36. The van der Waals surface area contributed by atoms with Crippen molar-refractivity contribution in [1.29, 1.82) is 0 Å². The zero-order valence-electron chi connectivity index (χ0n) is 14.2. The van der Waals surface area contributed by atoms with E-state index < -0.39 is 4.92 Å². The highest BCUT2D eigenvalue weighted by Gasteiger charge is 2.35. The van der Waals surface area contributed by atoms with Gasteiger partial charge in [0.1, 0.15) is 6.04 Å². The van der Waals surface area contributed by atoms with Crippen molar-refractivity contribution in [2.75, 3.05) is 19.6 Å². The van der Waals surface area contributed by atoms with Crippen LogP contribution >= 0.6 is 0 Å². The Morgan fingerprint density at radius 3 is 2.56 bits per heavy atom. The second-order valence-corrected chi connectivity index (χ2v) is 6.73. The van der Waals surface area contributed by atoms with E-state index in [-0.39, 0.29) is 30.0 Å². The Morgan fingerprint density at radius 2 is 1.84 bits per heavy atom. The highest BCUT2D eigenvalue weighted by molar-refractivity contribution is 5.89. The third-order valence-corrected chi connectivity index (χ3v) is 5.00. The van der Waals surface area contributed by atoms with Crippen LogP contribution in [0.5, 0.6) is 0 Å². The van der Waals surface area contributed by atoms with Gasteiger partial charge in [0, 0.05) is 31.8 Å². The molecule has 2 aliphatic heterocycles. The molecule has 2 amide bonds. The summed E-state index contributed by atoms with van der Waals surface area (Å²) in [5, 5.41) is 10.9. The number of carbonyl (C=O) groups is 2. The molecule has 1 atom stereocenters. The Bertz CT molecular complexity index is 670. The number of carbonyl (C=O) groups excluding carboxylic acids is 2. The number of non-ortho nitro benzene ring substituents is 1. The monoisotopic (exact) mass is 345 g/mol. The van der Waals surface area contributed by atoms with Gasteiger partial charge in [-0.3, -0.25) is 19.7 Å². The lowest BCUT2D eigenvalue weighted by atomic mass is 9.99. The molecule has 0 aliphatic carbocycles. The molecule has 1 aromatic carbocycles. The number of nitro groups is 1. The van der Waals surface area contributed by atoms with E-state index in [0.717, 1.165) is 38.8 Å². The average molecular weight is 345 g/mol. The molecule has 0 aromatic heterocycles. The first kappa shape index (κ1) is 17.4. The third-order valence-electron chi connectivity index (χ3n) is 5.00. The number of amides is 2. The summed E-state index contributed by atoms with van der Waals surface area (Å²) in [6.07, 6.45) is 4.69. The fraction of sp³-hybridized carbons (Fsp3) is 0.556. The van der Waals surface area contributed by atoms with Crippen molar-refractivity contribution >= 4 is 17.5 Å². The van der Waals surface area contributed by atoms with Gasteiger partial charge < -0.3 is 9.80 Å². The highest BCUT2D eigenvalue weighted by Crippen LogP contribution is 2.23. The first-order valence-corrected chi connectivity index (χ1v) is 8.88. The van der Waals surface area contributed by atoms with Gasteiger partial charge in [0.15, 0.2) is 0 Å². The van der Waals surface area contributed by atoms with Gasteiger partial charge >= 0.3 is 0 Å². The molecule has 0 spiro atoms. The normalized spacial score (nSPS) is 20.6. The molecule has 0 saturated carbocycles. The number of benzene rings is 1. The molecular formula is C18H23N3O4. The van der Waals surface area contributed by atoms with Crippen molar-refractivity contribution in [2.45, 2.75) is 44.6 Å². The van der Waals surface area contributed by atoms with E-state index in [1.807, 2.05) is 4.90 Å². The summed E-state index contributed by atoms with van der Waals surface area (Å²) in [7, 11) is 0. The Labute approximate surface area is 146 Å². The maximum atomic E-state index is 12.8. The Morgan fingerprint density at radius 1 is 1.12 bits per heavy atom. The average Bonchev–Trinajstić information content (AvgIpc) is 3.16. The molecule has 7 nitrogen and oxygen atoms in total. The molecule has 7 heteroatoms. The summed E-state index contributed by atoms with van der Waals surface area (Å²) in [6.45, 7) is 2.14. The molecule has 3 rings (SSSR count). The van der Waals surface area contributed by atoms with Gasteiger partial charge in [0.2, 0.25) is 11.8 Å². The van der Waals surface area contributed by atoms with Gasteiger partial charge in [-0.15, -0.1) is 0 Å². The molecule has 2 saturated heterocycles. The molecule has 0 N–H and O–H groups in total. The van der Waals surface area contributed by atoms with Crippen LogP contribution in [-0.4, -0.2) is 52.2 Å². The maximum absolute atomic E-state index is 12.8. The third kappa shape index (κ3) is 3.97. The zero-order chi connectivity index (χ0) is 17.8. The van der Waals surface area contributed by atoms with E-state index in [1.165, 1.54) is 12.1 Å². The minimum atomic E-state index is -0.464. The fourth-order valence-corrected chi connectivity index (χ4v) is 3.69. The van der Waals surface area contributed by atoms with E-state index in [2.05, 4.69) is 0 Å². The number of piperidine rings is 1. The molecule has 0 bridgehead atoms. The topological polar surface area (TPSA) is 83.8 Å². The minimum absolute atomic E-state index is 0.0198. The van der Waals surface area contributed by atoms with Crippen LogP contribution in [-0.2, 0) is 16.0 Å². The number of nitrogens with zero attached hydrogens (tertiary/aromatic N) is 3. The van der Waals surface area contributed by atoms with Gasteiger partial charge in [-0.2, -0.15) is 0 Å². The van der Waals surface area contributed by atoms with Crippen molar-refractivity contribution in [3.8, 4) is 0 Å². The predicted octanol–water partition coefficient (Wildman–Crippen LogP) is 2.14. The van der Waals surface area contributed by atoms with Crippen LogP contribution in [0, 0.1) is 10.1 Å². The molecule has 2 fully saturated rings. The zero-order valence-corrected chi connectivity index (χ0v) is 14.2. The summed E-state index contributed by atoms with van der Waals surface area (Å²) < 4.78 is 0. The molecule has 0 unspecified atom stereocenters. The van der Waals surface area contributed by atoms with Crippen LogP contribution in [0.15, 0.2) is 24.3 Å². The summed E-state index contributed by atoms with van der Waals surface area (Å²) in [5.41, 5.74) is 0.589. The molecule has 1 aromatic rings. The minimum Gasteiger partial charge on any atom is -0.341 e. The molecule has 134 valence electrons. The molecule has 0 radical (unpaired) electrons. The van der Waals surface area contributed by atoms with Crippen LogP contribution in [0.3, 0.4) is 0 Å². The smallest absolute Gasteiger partial charge is 0.269 e. The lowest BCUT2D eigenvalue weighted by molar-refractivity contribution is -0.384. The van der Waals surface area contributed by atoms with Crippen molar-refractivity contribution in [1.82, 2.24) is 9.80 Å². The standard InChI is InChI=1S/C18H23N3O4/c22-17(13-14-6-5-7-15(12-14)21(24)25)20-11-2-1-8-16(20)18(23)19-9-3-4-10-19/h5-7,12,16H,1-4,8-11,13H2/t16-/m1/s1. The Balaban J connectivity index is 1.71. The van der Waals surface area contributed by atoms with E-state index in [1.54, 1.807) is 17.0 Å². The predicted molar refractivity (Wildman–Crippen MR) is 92.0 cm³/mol. The second-order valence-electron chi connectivity index (χ2n) is 6.73. The molecule has 2 heterocycles. The van der Waals surface area contributed by atoms with E-state index >= 15 is 0 Å². The molecule has 2 aliphatic rings. The van der Waals surface area contributed by atoms with Gasteiger partial charge in [0.05, 0.1) is 11.3 Å². The summed E-state index contributed by atoms with van der Waals surface area (Å²) in [5.74, 6) is -0.0673. The second kappa shape index (κ2) is 7.63. The van der Waals surface area contributed by atoms with Gasteiger partial charge in [-0.1, -0.05) is 12.1 Å². The summed E-state index contributed by atoms with van der Waals surface area (Å²) in [6, 6.07) is 5.77. The van der Waals surface area contributed by atoms with Crippen molar-refractivity contribution in [3.63, 3.8) is 0 Å². The van der Waals surface area contributed by atoms with Crippen molar-refractivity contribution in [3.05, 3.63) is 39.9 Å². The van der Waals surface area contributed by atoms with Gasteiger partial charge in [0.25, 0.3) is 5.69 Å². The maximum Gasteiger partial charge on any atom is 0.269 e. The SMILES string of the molecule is O=C([C@H]1CCCCN1C(=O)Cc1cccc([N+](=O)[O-])c1)N1CCCC1. The molecular weight excluding hydrogens is 322 g/mol. The number of rotatable bonds is 4. The van der Waals surface area contributed by atoms with Gasteiger partial charge in [-0.25, -0.2) is 0 Å². The van der Waals surface area contributed by atoms with Crippen molar-refractivity contribution in [2.24, 2.45) is 0 Å². The van der Waals surface area contributed by atoms with E-state index in [0.29, 0.717) is 18.5 Å². The number of likely N-dealkylation sites (tertiary alicyclic amines) is 2. The Hall–Kier alpha value is -2.44. The first-order chi connectivity index (χ1) is 12.1.